The van der Waals surface area contributed by atoms with Crippen LogP contribution in [0.2, 0.25) is 19.1 Å². The zero-order valence-electron chi connectivity index (χ0n) is 9.67. The Morgan fingerprint density at radius 1 is 1.43 bits per heavy atom. The molecule has 1 rings (SSSR count). The average molecular weight is 218 g/mol. The maximum atomic E-state index is 9.99. The maximum absolute atomic E-state index is 9.99. The van der Waals surface area contributed by atoms with Gasteiger partial charge in [-0.25, -0.2) is 4.79 Å². The summed E-state index contributed by atoms with van der Waals surface area (Å²) in [5, 5.41) is 8.19. The lowest BCUT2D eigenvalue weighted by Crippen LogP contribution is -2.31. The van der Waals surface area contributed by atoms with E-state index in [0.717, 1.165) is 12.0 Å². The summed E-state index contributed by atoms with van der Waals surface area (Å²) in [6, 6.07) is 0.833. The van der Waals surface area contributed by atoms with Crippen LogP contribution in [0.3, 0.4) is 0 Å². The molecule has 1 fully saturated rings. The largest absolute Gasteiger partial charge is 0.491 e. The lowest BCUT2D eigenvalue weighted by atomic mass is 10.3. The van der Waals surface area contributed by atoms with Gasteiger partial charge in [0.1, 0.15) is 0 Å². The summed E-state index contributed by atoms with van der Waals surface area (Å²) in [4.78, 5) is 9.99. The minimum atomic E-state index is -1.84. The first-order chi connectivity index (χ1) is 6.41. The second kappa shape index (κ2) is 6.06. The molecule has 0 radical (unpaired) electrons. The van der Waals surface area contributed by atoms with Crippen molar-refractivity contribution >= 4 is 14.5 Å². The predicted molar refractivity (Wildman–Crippen MR) is 60.1 cm³/mol. The first-order valence-electron chi connectivity index (χ1n) is 5.33. The second-order valence-corrected chi connectivity index (χ2v) is 8.76. The van der Waals surface area contributed by atoms with Crippen molar-refractivity contribution in [3.63, 3.8) is 0 Å². The third-order valence-electron chi connectivity index (χ3n) is 2.49. The van der Waals surface area contributed by atoms with Crippen molar-refractivity contribution in [2.75, 3.05) is 0 Å². The summed E-state index contributed by atoms with van der Waals surface area (Å²) in [6.45, 7) is 7.95. The van der Waals surface area contributed by atoms with Gasteiger partial charge in [-0.1, -0.05) is 33.1 Å². The van der Waals surface area contributed by atoms with Gasteiger partial charge >= 0.3 is 6.16 Å². The summed E-state index contributed by atoms with van der Waals surface area (Å²) >= 11 is 0. The van der Waals surface area contributed by atoms with E-state index in [2.05, 4.69) is 11.3 Å². The molecule has 0 unspecified atom stereocenters. The molecule has 4 heteroatoms. The molecule has 1 N–H and O–H groups in total. The molecule has 0 spiro atoms. The van der Waals surface area contributed by atoms with Crippen LogP contribution in [-0.2, 0) is 4.43 Å². The van der Waals surface area contributed by atoms with Crippen LogP contribution >= 0.6 is 0 Å². The Hall–Kier alpha value is -0.513. The Bertz CT molecular complexity index is 176. The van der Waals surface area contributed by atoms with Crippen molar-refractivity contribution in [3.05, 3.63) is 0 Å². The SMILES string of the molecule is CCC1CC1.CC[Si](C)(C)OC(=O)O. The van der Waals surface area contributed by atoms with Gasteiger partial charge in [-0.3, -0.25) is 0 Å². The molecule has 0 atom stereocenters. The standard InChI is InChI=1S/C5H12O3Si.C5H10/c1-4-9(2,3)8-5(6)7;1-2-5-3-4-5/h4H2,1-3H3,(H,6,7);5H,2-4H2,1H3. The summed E-state index contributed by atoms with van der Waals surface area (Å²) in [6.07, 6.45) is 3.29. The second-order valence-electron chi connectivity index (χ2n) is 4.33. The lowest BCUT2D eigenvalue weighted by molar-refractivity contribution is 0.142. The summed E-state index contributed by atoms with van der Waals surface area (Å²) in [5.41, 5.74) is 0. The average Bonchev–Trinajstić information content (AvgIpc) is 2.85. The fraction of sp³-hybridized carbons (Fsp3) is 0.900. The number of carbonyl (C=O) groups is 1. The van der Waals surface area contributed by atoms with Crippen molar-refractivity contribution in [2.24, 2.45) is 5.92 Å². The highest BCUT2D eigenvalue weighted by atomic mass is 28.4. The van der Waals surface area contributed by atoms with Gasteiger partial charge in [-0.15, -0.1) is 0 Å². The highest BCUT2D eigenvalue weighted by molar-refractivity contribution is 6.72. The van der Waals surface area contributed by atoms with Gasteiger partial charge in [0, 0.05) is 0 Å². The Kier molecular flexibility index (Phi) is 5.84. The molecule has 84 valence electrons. The van der Waals surface area contributed by atoms with Gasteiger partial charge in [0.05, 0.1) is 0 Å². The van der Waals surface area contributed by atoms with Crippen LogP contribution in [0.4, 0.5) is 4.79 Å². The van der Waals surface area contributed by atoms with E-state index in [4.69, 9.17) is 5.11 Å². The van der Waals surface area contributed by atoms with Crippen molar-refractivity contribution in [1.29, 1.82) is 0 Å². The molecule has 14 heavy (non-hydrogen) atoms. The van der Waals surface area contributed by atoms with E-state index >= 15 is 0 Å². The van der Waals surface area contributed by atoms with Gasteiger partial charge in [0.15, 0.2) is 0 Å². The number of rotatable bonds is 3. The third-order valence-corrected chi connectivity index (χ3v) is 4.92. The normalized spacial score (nSPS) is 15.4. The Balaban J connectivity index is 0.000000280. The molecule has 0 saturated heterocycles. The molecular formula is C10H22O3Si. The van der Waals surface area contributed by atoms with Crippen LogP contribution in [0.1, 0.15) is 33.1 Å². The molecule has 0 amide bonds. The predicted octanol–water partition coefficient (Wildman–Crippen LogP) is 3.71. The highest BCUT2D eigenvalue weighted by Crippen LogP contribution is 2.31. The van der Waals surface area contributed by atoms with Gasteiger partial charge in [0.2, 0.25) is 0 Å². The van der Waals surface area contributed by atoms with Crippen LogP contribution in [0.5, 0.6) is 0 Å². The fourth-order valence-electron chi connectivity index (χ4n) is 0.835. The maximum Gasteiger partial charge on any atom is 0.491 e. The molecule has 0 aliphatic heterocycles. The van der Waals surface area contributed by atoms with Gasteiger partial charge in [-0.2, -0.15) is 0 Å². The molecule has 1 saturated carbocycles. The van der Waals surface area contributed by atoms with Crippen LogP contribution in [-0.4, -0.2) is 19.6 Å². The molecule has 0 bridgehead atoms. The molecule has 0 aromatic carbocycles. The fourth-order valence-corrected chi connectivity index (χ4v) is 1.45. The van der Waals surface area contributed by atoms with Crippen molar-refractivity contribution in [3.8, 4) is 0 Å². The monoisotopic (exact) mass is 218 g/mol. The van der Waals surface area contributed by atoms with Gasteiger partial charge in [0.25, 0.3) is 8.32 Å². The Morgan fingerprint density at radius 2 is 1.93 bits per heavy atom. The quantitative estimate of drug-likeness (QED) is 0.734. The highest BCUT2D eigenvalue weighted by Gasteiger charge is 2.23. The van der Waals surface area contributed by atoms with Crippen LogP contribution in [0.25, 0.3) is 0 Å². The first-order valence-corrected chi connectivity index (χ1v) is 8.44. The Labute approximate surface area is 87.6 Å². The molecule has 1 aliphatic carbocycles. The van der Waals surface area contributed by atoms with Gasteiger partial charge in [-0.05, 0) is 25.1 Å². The van der Waals surface area contributed by atoms with E-state index in [0.29, 0.717) is 0 Å². The molecular weight excluding hydrogens is 196 g/mol. The molecule has 0 heterocycles. The summed E-state index contributed by atoms with van der Waals surface area (Å²) < 4.78 is 4.64. The van der Waals surface area contributed by atoms with E-state index in [-0.39, 0.29) is 0 Å². The minimum Gasteiger partial charge on any atom is -0.490 e. The topological polar surface area (TPSA) is 46.5 Å². The summed E-state index contributed by atoms with van der Waals surface area (Å²) in [7, 11) is -1.84. The van der Waals surface area contributed by atoms with Crippen LogP contribution in [0, 0.1) is 5.92 Å². The zero-order chi connectivity index (χ0) is 11.2. The number of hydrogen-bond acceptors (Lipinski definition) is 2. The van der Waals surface area contributed by atoms with E-state index in [9.17, 15) is 4.79 Å². The van der Waals surface area contributed by atoms with E-state index < -0.39 is 14.5 Å². The third kappa shape index (κ3) is 8.10. The van der Waals surface area contributed by atoms with E-state index in [1.54, 1.807) is 0 Å². The smallest absolute Gasteiger partial charge is 0.490 e. The van der Waals surface area contributed by atoms with Crippen molar-refractivity contribution in [1.82, 2.24) is 0 Å². The van der Waals surface area contributed by atoms with E-state index in [1.165, 1.54) is 19.3 Å². The van der Waals surface area contributed by atoms with Crippen LogP contribution in [0.15, 0.2) is 0 Å². The molecule has 0 aromatic heterocycles. The summed E-state index contributed by atoms with van der Waals surface area (Å²) in [5.74, 6) is 1.13. The van der Waals surface area contributed by atoms with Crippen molar-refractivity contribution in [2.45, 2.75) is 52.2 Å². The first kappa shape index (κ1) is 13.5. The molecule has 1 aliphatic rings. The molecule has 0 aromatic rings. The number of carboxylic acid groups (broad SMARTS) is 1. The lowest BCUT2D eigenvalue weighted by Gasteiger charge is -2.17. The minimum absolute atomic E-state index is 0.833. The van der Waals surface area contributed by atoms with Gasteiger partial charge < -0.3 is 9.53 Å². The van der Waals surface area contributed by atoms with Crippen LogP contribution < -0.4 is 0 Å². The van der Waals surface area contributed by atoms with E-state index in [1.807, 2.05) is 20.0 Å². The van der Waals surface area contributed by atoms with Crippen molar-refractivity contribution < 1.29 is 14.3 Å². The Morgan fingerprint density at radius 3 is 2.00 bits per heavy atom. The number of hydrogen-bond donors (Lipinski definition) is 1. The zero-order valence-corrected chi connectivity index (χ0v) is 10.7. The molecule has 3 nitrogen and oxygen atoms in total.